The van der Waals surface area contributed by atoms with E-state index in [1.807, 2.05) is 26.2 Å². The van der Waals surface area contributed by atoms with Crippen LogP contribution in [0.1, 0.15) is 23.4 Å². The average molecular weight is 304 g/mol. The molecule has 0 fully saturated rings. The van der Waals surface area contributed by atoms with Crippen molar-refractivity contribution in [1.29, 1.82) is 0 Å². The van der Waals surface area contributed by atoms with E-state index in [0.717, 1.165) is 18.0 Å². The van der Waals surface area contributed by atoms with Crippen molar-refractivity contribution in [3.8, 4) is 5.75 Å². The van der Waals surface area contributed by atoms with Gasteiger partial charge in [0.25, 0.3) is 0 Å². The highest BCUT2D eigenvalue weighted by molar-refractivity contribution is 7.10. The highest BCUT2D eigenvalue weighted by Crippen LogP contribution is 2.27. The number of nitrogens with one attached hydrogen (secondary N) is 1. The molecule has 3 nitrogen and oxygen atoms in total. The van der Waals surface area contributed by atoms with Gasteiger partial charge in [0.1, 0.15) is 12.4 Å². The van der Waals surface area contributed by atoms with Gasteiger partial charge in [-0.05, 0) is 69.2 Å². The maximum atomic E-state index is 5.70. The van der Waals surface area contributed by atoms with Gasteiger partial charge in [-0.1, -0.05) is 0 Å². The molecule has 1 heterocycles. The minimum Gasteiger partial charge on any atom is -0.492 e. The second kappa shape index (κ2) is 7.48. The van der Waals surface area contributed by atoms with Gasteiger partial charge in [0.05, 0.1) is 6.04 Å². The fourth-order valence-electron chi connectivity index (χ4n) is 2.14. The van der Waals surface area contributed by atoms with Crippen LogP contribution in [0.5, 0.6) is 5.75 Å². The molecule has 114 valence electrons. The Morgan fingerprint density at radius 3 is 2.48 bits per heavy atom. The first-order valence-electron chi connectivity index (χ1n) is 7.24. The van der Waals surface area contributed by atoms with Crippen LogP contribution >= 0.6 is 11.3 Å². The van der Waals surface area contributed by atoms with Crippen LogP contribution in [-0.2, 0) is 0 Å². The van der Waals surface area contributed by atoms with Crippen molar-refractivity contribution in [3.05, 3.63) is 46.2 Å². The molecule has 0 amide bonds. The molecule has 21 heavy (non-hydrogen) atoms. The number of hydrogen-bond donors (Lipinski definition) is 1. The third kappa shape index (κ3) is 4.76. The number of rotatable bonds is 7. The predicted octanol–water partition coefficient (Wildman–Crippen LogP) is 4.17. The summed E-state index contributed by atoms with van der Waals surface area (Å²) in [6, 6.07) is 10.7. The van der Waals surface area contributed by atoms with Crippen molar-refractivity contribution in [2.75, 3.05) is 32.6 Å². The highest BCUT2D eigenvalue weighted by atomic mass is 32.1. The number of hydrogen-bond acceptors (Lipinski definition) is 4. The first kappa shape index (κ1) is 15.9. The van der Waals surface area contributed by atoms with Gasteiger partial charge in [-0.3, -0.25) is 0 Å². The molecule has 0 bridgehead atoms. The van der Waals surface area contributed by atoms with Gasteiger partial charge in [-0.15, -0.1) is 11.3 Å². The minimum absolute atomic E-state index is 0.325. The van der Waals surface area contributed by atoms with E-state index in [0.29, 0.717) is 12.6 Å². The zero-order chi connectivity index (χ0) is 15.2. The molecule has 1 aromatic heterocycles. The molecule has 0 saturated carbocycles. The van der Waals surface area contributed by atoms with E-state index in [9.17, 15) is 0 Å². The minimum atomic E-state index is 0.325. The van der Waals surface area contributed by atoms with Crippen LogP contribution in [0.3, 0.4) is 0 Å². The zero-order valence-corrected chi connectivity index (χ0v) is 14.0. The van der Waals surface area contributed by atoms with E-state index >= 15 is 0 Å². The lowest BCUT2D eigenvalue weighted by Crippen LogP contribution is -2.19. The molecule has 0 spiro atoms. The van der Waals surface area contributed by atoms with Gasteiger partial charge in [0.2, 0.25) is 0 Å². The number of thiophene rings is 1. The SMILES string of the molecule is Cc1ccsc1C(C)Nc1ccc(OCCN(C)C)cc1. The van der Waals surface area contributed by atoms with Gasteiger partial charge < -0.3 is 15.0 Å². The normalized spacial score (nSPS) is 12.4. The van der Waals surface area contributed by atoms with Crippen LogP contribution < -0.4 is 10.1 Å². The fraction of sp³-hybridized carbons (Fsp3) is 0.412. The molecule has 4 heteroatoms. The summed E-state index contributed by atoms with van der Waals surface area (Å²) in [5, 5.41) is 5.68. The standard InChI is InChI=1S/C17H24N2OS/c1-13-9-12-21-17(13)14(2)18-15-5-7-16(8-6-15)20-11-10-19(3)4/h5-9,12,14,18H,10-11H2,1-4H3. The lowest BCUT2D eigenvalue weighted by molar-refractivity contribution is 0.261. The van der Waals surface area contributed by atoms with Crippen LogP contribution in [0.25, 0.3) is 0 Å². The summed E-state index contributed by atoms with van der Waals surface area (Å²) in [6.45, 7) is 5.99. The largest absolute Gasteiger partial charge is 0.492 e. The Bertz CT molecular complexity index is 548. The Morgan fingerprint density at radius 1 is 1.19 bits per heavy atom. The van der Waals surface area contributed by atoms with Crippen molar-refractivity contribution >= 4 is 17.0 Å². The summed E-state index contributed by atoms with van der Waals surface area (Å²) < 4.78 is 5.70. The van der Waals surface area contributed by atoms with Crippen LogP contribution in [0, 0.1) is 6.92 Å². The Morgan fingerprint density at radius 2 is 1.90 bits per heavy atom. The Hall–Kier alpha value is -1.52. The summed E-state index contributed by atoms with van der Waals surface area (Å²) in [7, 11) is 4.09. The van der Waals surface area contributed by atoms with Gasteiger partial charge >= 0.3 is 0 Å². The average Bonchev–Trinajstić information content (AvgIpc) is 2.87. The van der Waals surface area contributed by atoms with Crippen molar-refractivity contribution in [2.45, 2.75) is 19.9 Å². The number of anilines is 1. The van der Waals surface area contributed by atoms with E-state index in [2.05, 4.69) is 47.6 Å². The second-order valence-corrected chi connectivity index (χ2v) is 6.46. The molecule has 2 rings (SSSR count). The molecule has 2 aromatic rings. The molecule has 0 aliphatic heterocycles. The molecule has 1 N–H and O–H groups in total. The number of ether oxygens (including phenoxy) is 1. The quantitative estimate of drug-likeness (QED) is 0.831. The van der Waals surface area contributed by atoms with Gasteiger partial charge in [0.15, 0.2) is 0 Å². The molecule has 1 aromatic carbocycles. The second-order valence-electron chi connectivity index (χ2n) is 5.51. The third-order valence-corrected chi connectivity index (χ3v) is 4.54. The zero-order valence-electron chi connectivity index (χ0n) is 13.2. The van der Waals surface area contributed by atoms with Gasteiger partial charge in [0, 0.05) is 17.1 Å². The molecule has 0 aliphatic carbocycles. The molecule has 1 unspecified atom stereocenters. The lowest BCUT2D eigenvalue weighted by atomic mass is 10.2. The van der Waals surface area contributed by atoms with Crippen molar-refractivity contribution in [3.63, 3.8) is 0 Å². The van der Waals surface area contributed by atoms with E-state index < -0.39 is 0 Å². The maximum Gasteiger partial charge on any atom is 0.119 e. The van der Waals surface area contributed by atoms with Crippen molar-refractivity contribution < 1.29 is 4.74 Å². The van der Waals surface area contributed by atoms with E-state index in [-0.39, 0.29) is 0 Å². The topological polar surface area (TPSA) is 24.5 Å². The summed E-state index contributed by atoms with van der Waals surface area (Å²) in [5.41, 5.74) is 2.47. The first-order valence-corrected chi connectivity index (χ1v) is 8.12. The van der Waals surface area contributed by atoms with Crippen LogP contribution in [0.4, 0.5) is 5.69 Å². The van der Waals surface area contributed by atoms with E-state index in [1.54, 1.807) is 11.3 Å². The molecular weight excluding hydrogens is 280 g/mol. The van der Waals surface area contributed by atoms with E-state index in [1.165, 1.54) is 10.4 Å². The third-order valence-electron chi connectivity index (χ3n) is 3.34. The predicted molar refractivity (Wildman–Crippen MR) is 91.6 cm³/mol. The van der Waals surface area contributed by atoms with E-state index in [4.69, 9.17) is 4.74 Å². The first-order chi connectivity index (χ1) is 10.1. The number of aryl methyl sites for hydroxylation is 1. The number of benzene rings is 1. The molecular formula is C17H24N2OS. The number of likely N-dealkylation sites (N-methyl/N-ethyl adjacent to an activating group) is 1. The maximum absolute atomic E-state index is 5.70. The van der Waals surface area contributed by atoms with Crippen LogP contribution in [0.2, 0.25) is 0 Å². The molecule has 0 aliphatic rings. The molecule has 1 atom stereocenters. The van der Waals surface area contributed by atoms with Crippen molar-refractivity contribution in [2.24, 2.45) is 0 Å². The molecule has 0 radical (unpaired) electrons. The fourth-order valence-corrected chi connectivity index (χ4v) is 3.07. The smallest absolute Gasteiger partial charge is 0.119 e. The summed E-state index contributed by atoms with van der Waals surface area (Å²) in [5.74, 6) is 0.919. The van der Waals surface area contributed by atoms with Crippen LogP contribution in [0.15, 0.2) is 35.7 Å². The Labute approximate surface area is 131 Å². The van der Waals surface area contributed by atoms with Gasteiger partial charge in [-0.25, -0.2) is 0 Å². The Kier molecular flexibility index (Phi) is 5.65. The number of nitrogens with zero attached hydrogens (tertiary/aromatic N) is 1. The molecule has 0 saturated heterocycles. The summed E-state index contributed by atoms with van der Waals surface area (Å²) in [6.07, 6.45) is 0. The summed E-state index contributed by atoms with van der Waals surface area (Å²) >= 11 is 1.80. The highest BCUT2D eigenvalue weighted by Gasteiger charge is 2.09. The Balaban J connectivity index is 1.89. The van der Waals surface area contributed by atoms with Crippen LogP contribution in [-0.4, -0.2) is 32.1 Å². The van der Waals surface area contributed by atoms with Crippen molar-refractivity contribution in [1.82, 2.24) is 4.90 Å². The lowest BCUT2D eigenvalue weighted by Gasteiger charge is -2.16. The van der Waals surface area contributed by atoms with Gasteiger partial charge in [-0.2, -0.15) is 0 Å². The monoisotopic (exact) mass is 304 g/mol. The summed E-state index contributed by atoms with van der Waals surface area (Å²) in [4.78, 5) is 3.50.